The zero-order valence-electron chi connectivity index (χ0n) is 14.7. The molecule has 0 saturated heterocycles. The number of rotatable bonds is 5. The SMILES string of the molecule is I.NC(=NCCCn1cnc2ccccc21)Nc1ccc2c(c1)CCC2. The van der Waals surface area contributed by atoms with Crippen molar-refractivity contribution in [2.75, 3.05) is 11.9 Å². The van der Waals surface area contributed by atoms with Gasteiger partial charge in [-0.05, 0) is 61.1 Å². The summed E-state index contributed by atoms with van der Waals surface area (Å²) < 4.78 is 2.16. The van der Waals surface area contributed by atoms with Crippen molar-refractivity contribution < 1.29 is 0 Å². The van der Waals surface area contributed by atoms with E-state index in [4.69, 9.17) is 5.73 Å². The fraction of sp³-hybridized carbons (Fsp3) is 0.300. The van der Waals surface area contributed by atoms with Crippen LogP contribution in [0.1, 0.15) is 24.0 Å². The number of hydrogen-bond acceptors (Lipinski definition) is 2. The fourth-order valence-electron chi connectivity index (χ4n) is 3.47. The summed E-state index contributed by atoms with van der Waals surface area (Å²) in [5.41, 5.74) is 12.1. The molecule has 4 rings (SSSR count). The van der Waals surface area contributed by atoms with Gasteiger partial charge in [-0.3, -0.25) is 4.99 Å². The van der Waals surface area contributed by atoms with Crippen LogP contribution >= 0.6 is 24.0 Å². The Kier molecular flexibility index (Phi) is 6.13. The molecule has 0 amide bonds. The lowest BCUT2D eigenvalue weighted by atomic mass is 10.1. The zero-order valence-corrected chi connectivity index (χ0v) is 17.0. The maximum Gasteiger partial charge on any atom is 0.193 e. The molecule has 0 fully saturated rings. The van der Waals surface area contributed by atoms with Crippen molar-refractivity contribution in [1.82, 2.24) is 9.55 Å². The van der Waals surface area contributed by atoms with Gasteiger partial charge in [0.15, 0.2) is 5.96 Å². The number of hydrogen-bond donors (Lipinski definition) is 2. The molecule has 0 aliphatic heterocycles. The Morgan fingerprint density at radius 3 is 2.92 bits per heavy atom. The van der Waals surface area contributed by atoms with Gasteiger partial charge in [0, 0.05) is 18.8 Å². The number of aromatic nitrogens is 2. The first-order chi connectivity index (χ1) is 12.3. The minimum atomic E-state index is 0. The molecule has 26 heavy (non-hydrogen) atoms. The molecule has 0 atom stereocenters. The topological polar surface area (TPSA) is 68.2 Å². The minimum absolute atomic E-state index is 0. The first-order valence-electron chi connectivity index (χ1n) is 8.88. The number of aryl methyl sites for hydroxylation is 3. The molecule has 5 nitrogen and oxygen atoms in total. The third-order valence-electron chi connectivity index (χ3n) is 4.74. The van der Waals surface area contributed by atoms with Crippen LogP contribution < -0.4 is 11.1 Å². The summed E-state index contributed by atoms with van der Waals surface area (Å²) in [5.74, 6) is 0.480. The van der Waals surface area contributed by atoms with E-state index in [-0.39, 0.29) is 24.0 Å². The van der Waals surface area contributed by atoms with Crippen LogP contribution in [0.4, 0.5) is 5.69 Å². The van der Waals surface area contributed by atoms with Gasteiger partial charge in [-0.15, -0.1) is 24.0 Å². The van der Waals surface area contributed by atoms with E-state index < -0.39 is 0 Å². The first-order valence-corrected chi connectivity index (χ1v) is 8.88. The van der Waals surface area contributed by atoms with Crippen LogP contribution in [0.5, 0.6) is 0 Å². The summed E-state index contributed by atoms with van der Waals surface area (Å²) >= 11 is 0. The number of imidazole rings is 1. The Balaban J connectivity index is 0.00000196. The number of anilines is 1. The number of benzene rings is 2. The van der Waals surface area contributed by atoms with Gasteiger partial charge in [-0.1, -0.05) is 18.2 Å². The van der Waals surface area contributed by atoms with Crippen molar-refractivity contribution in [3.63, 3.8) is 0 Å². The molecule has 1 aliphatic rings. The van der Waals surface area contributed by atoms with Gasteiger partial charge in [0.2, 0.25) is 0 Å². The monoisotopic (exact) mass is 461 g/mol. The van der Waals surface area contributed by atoms with E-state index >= 15 is 0 Å². The normalized spacial score (nSPS) is 13.5. The van der Waals surface area contributed by atoms with Crippen molar-refractivity contribution in [3.8, 4) is 0 Å². The summed E-state index contributed by atoms with van der Waals surface area (Å²) in [4.78, 5) is 8.85. The number of aliphatic imine (C=N–C) groups is 1. The highest BCUT2D eigenvalue weighted by molar-refractivity contribution is 14.0. The average molecular weight is 461 g/mol. The molecule has 3 aromatic rings. The van der Waals surface area contributed by atoms with Crippen molar-refractivity contribution in [2.45, 2.75) is 32.2 Å². The third kappa shape index (κ3) is 4.17. The number of fused-ring (bicyclic) bond motifs is 2. The van der Waals surface area contributed by atoms with E-state index in [9.17, 15) is 0 Å². The maximum absolute atomic E-state index is 6.02. The Morgan fingerprint density at radius 2 is 2.00 bits per heavy atom. The molecule has 6 heteroatoms. The molecule has 1 heterocycles. The molecule has 136 valence electrons. The molecule has 0 radical (unpaired) electrons. The Bertz CT molecular complexity index is 915. The van der Waals surface area contributed by atoms with Crippen molar-refractivity contribution in [2.24, 2.45) is 10.7 Å². The summed E-state index contributed by atoms with van der Waals surface area (Å²) in [5, 5.41) is 3.20. The lowest BCUT2D eigenvalue weighted by molar-refractivity contribution is 0.666. The van der Waals surface area contributed by atoms with Crippen molar-refractivity contribution in [3.05, 3.63) is 59.9 Å². The van der Waals surface area contributed by atoms with E-state index in [0.717, 1.165) is 29.7 Å². The standard InChI is InChI=1S/C20H23N5.HI/c21-20(24-17-10-9-15-5-3-6-16(15)13-17)22-11-4-12-25-14-23-18-7-1-2-8-19(18)25;/h1-2,7-10,13-14H,3-6,11-12H2,(H3,21,22,24);1H. The molecular formula is C20H24IN5. The predicted octanol–water partition coefficient (Wildman–Crippen LogP) is 3.96. The first kappa shape index (κ1) is 18.7. The van der Waals surface area contributed by atoms with Gasteiger partial charge < -0.3 is 15.6 Å². The minimum Gasteiger partial charge on any atom is -0.370 e. The number of para-hydroxylation sites is 2. The summed E-state index contributed by atoms with van der Waals surface area (Å²) in [6, 6.07) is 14.7. The van der Waals surface area contributed by atoms with E-state index in [1.807, 2.05) is 24.5 Å². The Hall–Kier alpha value is -2.09. The zero-order chi connectivity index (χ0) is 17.1. The molecule has 1 aromatic heterocycles. The lowest BCUT2D eigenvalue weighted by Crippen LogP contribution is -2.23. The highest BCUT2D eigenvalue weighted by Gasteiger charge is 2.10. The molecule has 3 N–H and O–H groups in total. The number of nitrogens with one attached hydrogen (secondary N) is 1. The van der Waals surface area contributed by atoms with Crippen LogP contribution in [0.15, 0.2) is 53.8 Å². The molecule has 0 spiro atoms. The predicted molar refractivity (Wildman–Crippen MR) is 118 cm³/mol. The lowest BCUT2D eigenvalue weighted by Gasteiger charge is -2.08. The smallest absolute Gasteiger partial charge is 0.193 e. The number of halogens is 1. The van der Waals surface area contributed by atoms with E-state index in [2.05, 4.69) is 44.1 Å². The molecule has 1 aliphatic carbocycles. The van der Waals surface area contributed by atoms with Gasteiger partial charge in [-0.2, -0.15) is 0 Å². The van der Waals surface area contributed by atoms with Crippen LogP contribution in [0.3, 0.4) is 0 Å². The fourth-order valence-corrected chi connectivity index (χ4v) is 3.47. The highest BCUT2D eigenvalue weighted by Crippen LogP contribution is 2.24. The summed E-state index contributed by atoms with van der Waals surface area (Å²) in [6.07, 6.45) is 6.43. The molecule has 0 saturated carbocycles. The average Bonchev–Trinajstić information content (AvgIpc) is 3.25. The second-order valence-corrected chi connectivity index (χ2v) is 6.51. The van der Waals surface area contributed by atoms with E-state index in [1.54, 1.807) is 0 Å². The number of nitrogens with zero attached hydrogens (tertiary/aromatic N) is 3. The number of nitrogens with two attached hydrogens (primary N) is 1. The van der Waals surface area contributed by atoms with Crippen LogP contribution in [-0.2, 0) is 19.4 Å². The van der Waals surface area contributed by atoms with Crippen LogP contribution in [0, 0.1) is 0 Å². The second kappa shape index (κ2) is 8.53. The molecular weight excluding hydrogens is 437 g/mol. The second-order valence-electron chi connectivity index (χ2n) is 6.51. The van der Waals surface area contributed by atoms with Gasteiger partial charge in [0.25, 0.3) is 0 Å². The van der Waals surface area contributed by atoms with Crippen molar-refractivity contribution >= 4 is 46.7 Å². The molecule has 2 aromatic carbocycles. The van der Waals surface area contributed by atoms with E-state index in [1.165, 1.54) is 30.4 Å². The van der Waals surface area contributed by atoms with Gasteiger partial charge in [0.05, 0.1) is 17.4 Å². The highest BCUT2D eigenvalue weighted by atomic mass is 127. The number of guanidine groups is 1. The third-order valence-corrected chi connectivity index (χ3v) is 4.74. The van der Waals surface area contributed by atoms with Crippen LogP contribution in [0.2, 0.25) is 0 Å². The van der Waals surface area contributed by atoms with Gasteiger partial charge in [0.1, 0.15) is 0 Å². The maximum atomic E-state index is 6.02. The van der Waals surface area contributed by atoms with Crippen LogP contribution in [0.25, 0.3) is 11.0 Å². The van der Waals surface area contributed by atoms with Gasteiger partial charge in [-0.25, -0.2) is 4.98 Å². The summed E-state index contributed by atoms with van der Waals surface area (Å²) in [7, 11) is 0. The molecule has 0 bridgehead atoms. The quantitative estimate of drug-likeness (QED) is 0.262. The van der Waals surface area contributed by atoms with Gasteiger partial charge >= 0.3 is 0 Å². The Labute approximate surface area is 170 Å². The molecule has 0 unspecified atom stereocenters. The van der Waals surface area contributed by atoms with Crippen LogP contribution in [-0.4, -0.2) is 22.1 Å². The van der Waals surface area contributed by atoms with Crippen molar-refractivity contribution in [1.29, 1.82) is 0 Å². The summed E-state index contributed by atoms with van der Waals surface area (Å²) in [6.45, 7) is 1.58. The Morgan fingerprint density at radius 1 is 1.15 bits per heavy atom. The largest absolute Gasteiger partial charge is 0.370 e. The van der Waals surface area contributed by atoms with E-state index in [0.29, 0.717) is 12.5 Å².